The standard InChI is InChI=1S/C33H41N5O4/c1-33(2,3)42-32(41)36-19-20-37(26(22-36)21-24-13-7-5-8-14-24)31(40)28-29(25-15-9-6-10-16-25)38(23-34-28)27-17-11-12-18-35(4)30(27)39/h5-10,13-16,23,26-27H,11-12,17-22H2,1-4H3/t26-,27?/m1/s1. The van der Waals surface area contributed by atoms with Crippen LogP contribution in [0.3, 0.4) is 0 Å². The number of piperazine rings is 1. The van der Waals surface area contributed by atoms with Gasteiger partial charge in [-0.2, -0.15) is 0 Å². The highest BCUT2D eigenvalue weighted by atomic mass is 16.6. The van der Waals surface area contributed by atoms with Crippen LogP contribution >= 0.6 is 0 Å². The second-order valence-electron chi connectivity index (χ2n) is 12.3. The second-order valence-corrected chi connectivity index (χ2v) is 12.3. The van der Waals surface area contributed by atoms with Crippen molar-refractivity contribution in [1.82, 2.24) is 24.3 Å². The van der Waals surface area contributed by atoms with E-state index in [2.05, 4.69) is 4.98 Å². The number of benzene rings is 2. The smallest absolute Gasteiger partial charge is 0.410 e. The maximum Gasteiger partial charge on any atom is 0.410 e. The summed E-state index contributed by atoms with van der Waals surface area (Å²) in [5.41, 5.74) is 2.28. The Morgan fingerprint density at radius 3 is 2.33 bits per heavy atom. The van der Waals surface area contributed by atoms with Crippen LogP contribution in [-0.2, 0) is 16.0 Å². The number of aromatic nitrogens is 2. The zero-order valence-corrected chi connectivity index (χ0v) is 25.0. The molecule has 2 saturated heterocycles. The van der Waals surface area contributed by atoms with Gasteiger partial charge in [-0.15, -0.1) is 0 Å². The molecule has 3 heterocycles. The van der Waals surface area contributed by atoms with Crippen LogP contribution in [-0.4, -0.2) is 87.0 Å². The fourth-order valence-corrected chi connectivity index (χ4v) is 5.88. The fraction of sp³-hybridized carbons (Fsp3) is 0.455. The third-order valence-corrected chi connectivity index (χ3v) is 7.97. The number of imidazole rings is 1. The normalized spacial score (nSPS) is 19.9. The fourth-order valence-electron chi connectivity index (χ4n) is 5.88. The predicted octanol–water partition coefficient (Wildman–Crippen LogP) is 5.04. The molecule has 1 unspecified atom stereocenters. The molecule has 0 bridgehead atoms. The van der Waals surface area contributed by atoms with Crippen LogP contribution in [0.2, 0.25) is 0 Å². The van der Waals surface area contributed by atoms with E-state index in [-0.39, 0.29) is 23.9 Å². The molecule has 5 rings (SSSR count). The number of likely N-dealkylation sites (tertiary alicyclic amines) is 1. The molecular weight excluding hydrogens is 530 g/mol. The van der Waals surface area contributed by atoms with E-state index >= 15 is 0 Å². The van der Waals surface area contributed by atoms with Gasteiger partial charge in [0.15, 0.2) is 5.69 Å². The van der Waals surface area contributed by atoms with Crippen LogP contribution in [0.1, 0.15) is 62.1 Å². The van der Waals surface area contributed by atoms with Crippen molar-refractivity contribution < 1.29 is 19.1 Å². The molecular formula is C33H41N5O4. The quantitative estimate of drug-likeness (QED) is 0.428. The minimum absolute atomic E-state index is 0.0361. The molecule has 2 aromatic carbocycles. The van der Waals surface area contributed by atoms with Crippen molar-refractivity contribution in [2.75, 3.05) is 33.2 Å². The summed E-state index contributed by atoms with van der Waals surface area (Å²) < 4.78 is 7.56. The lowest BCUT2D eigenvalue weighted by atomic mass is 10.0. The molecule has 0 spiro atoms. The number of carbonyl (C=O) groups is 3. The van der Waals surface area contributed by atoms with Crippen molar-refractivity contribution >= 4 is 17.9 Å². The molecule has 42 heavy (non-hydrogen) atoms. The van der Waals surface area contributed by atoms with Gasteiger partial charge < -0.3 is 24.0 Å². The Morgan fingerprint density at radius 2 is 1.64 bits per heavy atom. The Morgan fingerprint density at radius 1 is 0.952 bits per heavy atom. The monoisotopic (exact) mass is 571 g/mol. The van der Waals surface area contributed by atoms with Crippen molar-refractivity contribution in [3.8, 4) is 11.3 Å². The van der Waals surface area contributed by atoms with E-state index in [1.54, 1.807) is 16.1 Å². The third-order valence-electron chi connectivity index (χ3n) is 7.97. The summed E-state index contributed by atoms with van der Waals surface area (Å²) in [6.45, 7) is 7.34. The van der Waals surface area contributed by atoms with Gasteiger partial charge in [-0.3, -0.25) is 9.59 Å². The molecule has 2 fully saturated rings. The molecule has 9 heteroatoms. The Hall–Kier alpha value is -4.14. The van der Waals surface area contributed by atoms with Crippen molar-refractivity contribution in [3.05, 3.63) is 78.2 Å². The first-order valence-electron chi connectivity index (χ1n) is 14.8. The minimum Gasteiger partial charge on any atom is -0.444 e. The molecule has 0 radical (unpaired) electrons. The van der Waals surface area contributed by atoms with Gasteiger partial charge in [0.05, 0.1) is 18.1 Å². The molecule has 0 N–H and O–H groups in total. The Kier molecular flexibility index (Phi) is 8.66. The van der Waals surface area contributed by atoms with Crippen LogP contribution in [0.25, 0.3) is 11.3 Å². The zero-order valence-electron chi connectivity index (χ0n) is 25.0. The lowest BCUT2D eigenvalue weighted by Crippen LogP contribution is -2.58. The number of amides is 3. The molecule has 1 aromatic heterocycles. The summed E-state index contributed by atoms with van der Waals surface area (Å²) in [7, 11) is 1.84. The molecule has 3 amide bonds. The summed E-state index contributed by atoms with van der Waals surface area (Å²) in [6.07, 6.45) is 4.42. The second kappa shape index (κ2) is 12.4. The van der Waals surface area contributed by atoms with Crippen molar-refractivity contribution in [2.45, 2.75) is 64.1 Å². The topological polar surface area (TPSA) is 88.0 Å². The number of rotatable bonds is 5. The maximum atomic E-state index is 14.4. The first kappa shape index (κ1) is 29.4. The van der Waals surface area contributed by atoms with Crippen LogP contribution in [0.4, 0.5) is 4.79 Å². The number of likely N-dealkylation sites (N-methyl/N-ethyl adjacent to an activating group) is 1. The summed E-state index contributed by atoms with van der Waals surface area (Å²) in [6, 6.07) is 19.0. The van der Waals surface area contributed by atoms with Crippen LogP contribution < -0.4 is 0 Å². The van der Waals surface area contributed by atoms with Gasteiger partial charge in [0.1, 0.15) is 11.6 Å². The Labute approximate surface area is 248 Å². The van der Waals surface area contributed by atoms with Gasteiger partial charge in [-0.1, -0.05) is 60.7 Å². The van der Waals surface area contributed by atoms with E-state index in [1.807, 2.05) is 97.9 Å². The van der Waals surface area contributed by atoms with Crippen molar-refractivity contribution in [2.24, 2.45) is 0 Å². The first-order chi connectivity index (χ1) is 20.1. The molecule has 2 aliphatic heterocycles. The Bertz CT molecular complexity index is 1400. The number of hydrogen-bond donors (Lipinski definition) is 0. The van der Waals surface area contributed by atoms with Crippen LogP contribution in [0.5, 0.6) is 0 Å². The Balaban J connectivity index is 1.50. The highest BCUT2D eigenvalue weighted by Crippen LogP contribution is 2.32. The number of carbonyl (C=O) groups excluding carboxylic acids is 3. The average molecular weight is 572 g/mol. The number of hydrogen-bond acceptors (Lipinski definition) is 5. The molecule has 9 nitrogen and oxygen atoms in total. The highest BCUT2D eigenvalue weighted by molar-refractivity contribution is 5.99. The van der Waals surface area contributed by atoms with Crippen molar-refractivity contribution in [3.63, 3.8) is 0 Å². The van der Waals surface area contributed by atoms with E-state index in [0.717, 1.165) is 30.5 Å². The first-order valence-corrected chi connectivity index (χ1v) is 14.8. The van der Waals surface area contributed by atoms with E-state index in [4.69, 9.17) is 4.74 Å². The summed E-state index contributed by atoms with van der Waals surface area (Å²) >= 11 is 0. The average Bonchev–Trinajstić information content (AvgIpc) is 3.34. The van der Waals surface area contributed by atoms with Crippen LogP contribution in [0.15, 0.2) is 67.0 Å². The third kappa shape index (κ3) is 6.50. The minimum atomic E-state index is -0.611. The maximum absolute atomic E-state index is 14.4. The predicted molar refractivity (Wildman–Crippen MR) is 161 cm³/mol. The SMILES string of the molecule is CN1CCCCC(n2cnc(C(=O)N3CCN(C(=O)OC(C)(C)C)C[C@H]3Cc3ccccc3)c2-c2ccccc2)C1=O. The molecule has 0 saturated carbocycles. The van der Waals surface area contributed by atoms with Gasteiger partial charge in [0, 0.05) is 38.8 Å². The summed E-state index contributed by atoms with van der Waals surface area (Å²) in [4.78, 5) is 50.8. The lowest BCUT2D eigenvalue weighted by molar-refractivity contribution is -0.132. The summed E-state index contributed by atoms with van der Waals surface area (Å²) in [5.74, 6) is -0.166. The number of ether oxygens (including phenoxy) is 1. The zero-order chi connectivity index (χ0) is 29.9. The molecule has 2 atom stereocenters. The lowest BCUT2D eigenvalue weighted by Gasteiger charge is -2.41. The molecule has 2 aliphatic rings. The molecule has 222 valence electrons. The largest absolute Gasteiger partial charge is 0.444 e. The van der Waals surface area contributed by atoms with E-state index in [1.165, 1.54) is 0 Å². The van der Waals surface area contributed by atoms with Crippen molar-refractivity contribution in [1.29, 1.82) is 0 Å². The van der Waals surface area contributed by atoms with Gasteiger partial charge in [-0.05, 0) is 52.0 Å². The van der Waals surface area contributed by atoms with Gasteiger partial charge in [0.25, 0.3) is 5.91 Å². The molecule has 3 aromatic rings. The van der Waals surface area contributed by atoms with E-state index in [9.17, 15) is 14.4 Å². The van der Waals surface area contributed by atoms with Gasteiger partial charge in [0.2, 0.25) is 5.91 Å². The van der Waals surface area contributed by atoms with E-state index in [0.29, 0.717) is 43.9 Å². The number of nitrogens with zero attached hydrogens (tertiary/aromatic N) is 5. The summed E-state index contributed by atoms with van der Waals surface area (Å²) in [5, 5.41) is 0. The van der Waals surface area contributed by atoms with E-state index < -0.39 is 11.6 Å². The highest BCUT2D eigenvalue weighted by Gasteiger charge is 2.38. The van der Waals surface area contributed by atoms with Gasteiger partial charge >= 0.3 is 6.09 Å². The van der Waals surface area contributed by atoms with Gasteiger partial charge in [-0.25, -0.2) is 9.78 Å². The molecule has 0 aliphatic carbocycles. The van der Waals surface area contributed by atoms with Crippen LogP contribution in [0, 0.1) is 0 Å².